The standard InChI is InChI=1S/C17H22N3O7P/c1-3-26-15(22)9-19-28(25,27-4-2)11-18-14(21)10-20-16(23)12-7-5-6-8-13(12)17(20)24/h5-8H,3-4,9-11H2,1-2H3,(H,18,21)(H,19,25). The lowest BCUT2D eigenvalue weighted by Gasteiger charge is -2.20. The number of fused-ring (bicyclic) bond motifs is 1. The molecule has 2 rings (SSSR count). The van der Waals surface area contributed by atoms with E-state index in [1.165, 1.54) is 12.1 Å². The van der Waals surface area contributed by atoms with E-state index in [1.807, 2.05) is 0 Å². The molecule has 10 nitrogen and oxygen atoms in total. The van der Waals surface area contributed by atoms with Crippen LogP contribution in [0.15, 0.2) is 24.3 Å². The topological polar surface area (TPSA) is 131 Å². The van der Waals surface area contributed by atoms with Gasteiger partial charge in [-0.05, 0) is 26.0 Å². The molecule has 0 aliphatic carbocycles. The molecular weight excluding hydrogens is 389 g/mol. The first-order chi connectivity index (χ1) is 13.3. The highest BCUT2D eigenvalue weighted by Gasteiger charge is 2.36. The summed E-state index contributed by atoms with van der Waals surface area (Å²) in [7, 11) is -3.56. The second kappa shape index (κ2) is 9.59. The third kappa shape index (κ3) is 5.25. The molecule has 1 aromatic carbocycles. The number of esters is 1. The molecule has 152 valence electrons. The molecule has 1 atom stereocenters. The summed E-state index contributed by atoms with van der Waals surface area (Å²) in [5.74, 6) is -2.43. The highest BCUT2D eigenvalue weighted by molar-refractivity contribution is 7.56. The van der Waals surface area contributed by atoms with Crippen LogP contribution in [0.3, 0.4) is 0 Å². The highest BCUT2D eigenvalue weighted by Crippen LogP contribution is 2.40. The van der Waals surface area contributed by atoms with Gasteiger partial charge in [-0.1, -0.05) is 12.1 Å². The van der Waals surface area contributed by atoms with E-state index in [9.17, 15) is 23.7 Å². The Hall–Kier alpha value is -2.55. The maximum absolute atomic E-state index is 12.7. The van der Waals surface area contributed by atoms with E-state index in [-0.39, 0.29) is 30.9 Å². The Bertz CT molecular complexity index is 792. The van der Waals surface area contributed by atoms with Crippen molar-refractivity contribution in [1.82, 2.24) is 15.3 Å². The maximum atomic E-state index is 12.7. The SMILES string of the molecule is CCOC(=O)CNP(=O)(CNC(=O)CN1C(=O)c2ccccc2C1=O)OCC. The first-order valence-electron chi connectivity index (χ1n) is 8.67. The molecule has 0 spiro atoms. The van der Waals surface area contributed by atoms with Crippen molar-refractivity contribution in [3.8, 4) is 0 Å². The molecule has 11 heteroatoms. The molecule has 1 aliphatic heterocycles. The summed E-state index contributed by atoms with van der Waals surface area (Å²) in [6, 6.07) is 6.27. The Balaban J connectivity index is 1.93. The molecule has 0 fully saturated rings. The monoisotopic (exact) mass is 411 g/mol. The first-order valence-corrected chi connectivity index (χ1v) is 10.5. The van der Waals surface area contributed by atoms with E-state index in [0.717, 1.165) is 4.90 Å². The number of nitrogens with zero attached hydrogens (tertiary/aromatic N) is 1. The van der Waals surface area contributed by atoms with Gasteiger partial charge in [0.1, 0.15) is 19.4 Å². The van der Waals surface area contributed by atoms with Crippen LogP contribution in [0, 0.1) is 0 Å². The van der Waals surface area contributed by atoms with E-state index in [1.54, 1.807) is 26.0 Å². The fourth-order valence-electron chi connectivity index (χ4n) is 2.53. The fraction of sp³-hybridized carbons (Fsp3) is 0.412. The maximum Gasteiger partial charge on any atom is 0.320 e. The second-order valence-electron chi connectivity index (χ2n) is 5.73. The Kier molecular flexibility index (Phi) is 7.45. The molecule has 3 amide bonds. The molecule has 0 saturated heterocycles. The minimum absolute atomic E-state index is 0.0847. The Morgan fingerprint density at radius 3 is 2.21 bits per heavy atom. The average Bonchev–Trinajstić information content (AvgIpc) is 2.91. The Labute approximate surface area is 162 Å². The molecule has 1 heterocycles. The summed E-state index contributed by atoms with van der Waals surface area (Å²) in [6.07, 6.45) is -0.414. The number of imide groups is 1. The van der Waals surface area contributed by atoms with Crippen LogP contribution >= 0.6 is 7.52 Å². The van der Waals surface area contributed by atoms with Crippen LogP contribution in [0.5, 0.6) is 0 Å². The van der Waals surface area contributed by atoms with Crippen LogP contribution in [0.2, 0.25) is 0 Å². The molecule has 0 aromatic heterocycles. The minimum Gasteiger partial charge on any atom is -0.465 e. The summed E-state index contributed by atoms with van der Waals surface area (Å²) >= 11 is 0. The smallest absolute Gasteiger partial charge is 0.320 e. The summed E-state index contributed by atoms with van der Waals surface area (Å²) in [6.45, 7) is 2.65. The van der Waals surface area contributed by atoms with Crippen LogP contribution in [0.25, 0.3) is 0 Å². The van der Waals surface area contributed by atoms with Gasteiger partial charge in [-0.25, -0.2) is 5.09 Å². The number of rotatable bonds is 10. The van der Waals surface area contributed by atoms with Crippen LogP contribution in [-0.4, -0.2) is 61.2 Å². The van der Waals surface area contributed by atoms with Crippen LogP contribution in [-0.2, 0) is 23.4 Å². The normalized spacial score (nSPS) is 15.1. The number of hydrogen-bond donors (Lipinski definition) is 2. The van der Waals surface area contributed by atoms with Gasteiger partial charge in [0, 0.05) is 0 Å². The van der Waals surface area contributed by atoms with E-state index >= 15 is 0 Å². The van der Waals surface area contributed by atoms with Gasteiger partial charge in [-0.15, -0.1) is 0 Å². The van der Waals surface area contributed by atoms with Gasteiger partial charge in [-0.3, -0.25) is 28.6 Å². The number of ether oxygens (including phenoxy) is 1. The molecule has 0 saturated carbocycles. The number of benzene rings is 1. The first kappa shape index (κ1) is 21.7. The average molecular weight is 411 g/mol. The zero-order chi connectivity index (χ0) is 20.7. The second-order valence-corrected chi connectivity index (χ2v) is 7.97. The number of hydrogen-bond acceptors (Lipinski definition) is 7. The number of amides is 3. The number of carbonyl (C=O) groups excluding carboxylic acids is 4. The Morgan fingerprint density at radius 2 is 1.68 bits per heavy atom. The third-order valence-corrected chi connectivity index (χ3v) is 5.66. The lowest BCUT2D eigenvalue weighted by atomic mass is 10.1. The number of carbonyl (C=O) groups is 4. The van der Waals surface area contributed by atoms with Gasteiger partial charge in [0.2, 0.25) is 5.91 Å². The van der Waals surface area contributed by atoms with Gasteiger partial charge in [0.25, 0.3) is 19.3 Å². The molecule has 1 unspecified atom stereocenters. The lowest BCUT2D eigenvalue weighted by Crippen LogP contribution is -2.41. The van der Waals surface area contributed by atoms with Gasteiger partial charge >= 0.3 is 5.97 Å². The molecule has 28 heavy (non-hydrogen) atoms. The largest absolute Gasteiger partial charge is 0.465 e. The predicted molar refractivity (Wildman–Crippen MR) is 98.7 cm³/mol. The molecule has 0 radical (unpaired) electrons. The summed E-state index contributed by atoms with van der Waals surface area (Å²) in [5, 5.41) is 4.83. The van der Waals surface area contributed by atoms with Crippen molar-refractivity contribution >= 4 is 31.2 Å². The summed E-state index contributed by atoms with van der Waals surface area (Å²) < 4.78 is 22.6. The summed E-state index contributed by atoms with van der Waals surface area (Å²) in [5.41, 5.74) is 0.466. The molecule has 1 aliphatic rings. The van der Waals surface area contributed by atoms with Crippen molar-refractivity contribution in [3.63, 3.8) is 0 Å². The van der Waals surface area contributed by atoms with Crippen molar-refractivity contribution in [2.45, 2.75) is 13.8 Å². The predicted octanol–water partition coefficient (Wildman–Crippen LogP) is 0.739. The number of nitrogens with one attached hydrogen (secondary N) is 2. The highest BCUT2D eigenvalue weighted by atomic mass is 31.2. The van der Waals surface area contributed by atoms with Gasteiger partial charge in [0.05, 0.1) is 24.3 Å². The lowest BCUT2D eigenvalue weighted by molar-refractivity contribution is -0.141. The molecule has 2 N–H and O–H groups in total. The van der Waals surface area contributed by atoms with E-state index < -0.39 is 44.0 Å². The van der Waals surface area contributed by atoms with Crippen molar-refractivity contribution in [2.24, 2.45) is 0 Å². The molecule has 0 bridgehead atoms. The summed E-state index contributed by atoms with van der Waals surface area (Å²) in [4.78, 5) is 48.9. The molecule has 1 aromatic rings. The van der Waals surface area contributed by atoms with Crippen LogP contribution in [0.4, 0.5) is 0 Å². The minimum atomic E-state index is -3.56. The van der Waals surface area contributed by atoms with E-state index in [2.05, 4.69) is 10.4 Å². The molecular formula is C17H22N3O7P. The Morgan fingerprint density at radius 1 is 1.07 bits per heavy atom. The van der Waals surface area contributed by atoms with Crippen molar-refractivity contribution < 1.29 is 33.0 Å². The quantitative estimate of drug-likeness (QED) is 0.327. The van der Waals surface area contributed by atoms with Crippen molar-refractivity contribution in [1.29, 1.82) is 0 Å². The van der Waals surface area contributed by atoms with Crippen LogP contribution < -0.4 is 10.4 Å². The van der Waals surface area contributed by atoms with Crippen molar-refractivity contribution in [2.75, 3.05) is 32.6 Å². The fourth-order valence-corrected chi connectivity index (χ4v) is 3.99. The van der Waals surface area contributed by atoms with Crippen molar-refractivity contribution in [3.05, 3.63) is 35.4 Å². The zero-order valence-electron chi connectivity index (χ0n) is 15.6. The van der Waals surface area contributed by atoms with Crippen LogP contribution in [0.1, 0.15) is 34.6 Å². The third-order valence-electron chi connectivity index (χ3n) is 3.77. The van der Waals surface area contributed by atoms with E-state index in [4.69, 9.17) is 9.26 Å². The van der Waals surface area contributed by atoms with E-state index in [0.29, 0.717) is 0 Å². The van der Waals surface area contributed by atoms with Gasteiger partial charge in [0.15, 0.2) is 0 Å². The zero-order valence-corrected chi connectivity index (χ0v) is 16.5. The van der Waals surface area contributed by atoms with Gasteiger partial charge < -0.3 is 14.6 Å². The van der Waals surface area contributed by atoms with Gasteiger partial charge in [-0.2, -0.15) is 0 Å².